The number of aryl methyl sites for hydroxylation is 3. The molecule has 25 heavy (non-hydrogen) atoms. The fourth-order valence-corrected chi connectivity index (χ4v) is 3.52. The maximum atomic E-state index is 13.8. The fraction of sp³-hybridized carbons (Fsp3) is 0.474. The molecule has 0 N–H and O–H groups in total. The SMILES string of the molecule is Cc1noc(C)c1C(=O)N1CCC[C@@H](CCc2ccc(F)cc2F)C1. The number of aromatic nitrogens is 1. The summed E-state index contributed by atoms with van der Waals surface area (Å²) in [6.45, 7) is 4.87. The summed E-state index contributed by atoms with van der Waals surface area (Å²) in [4.78, 5) is 14.6. The molecule has 3 rings (SSSR count). The minimum Gasteiger partial charge on any atom is -0.361 e. The number of carbonyl (C=O) groups is 1. The lowest BCUT2D eigenvalue weighted by atomic mass is 9.91. The summed E-state index contributed by atoms with van der Waals surface area (Å²) in [7, 11) is 0. The number of rotatable bonds is 4. The quantitative estimate of drug-likeness (QED) is 0.837. The van der Waals surface area contributed by atoms with E-state index in [1.165, 1.54) is 12.1 Å². The van der Waals surface area contributed by atoms with Gasteiger partial charge in [0.05, 0.1) is 5.69 Å². The molecular formula is C19H22F2N2O2. The molecule has 0 unspecified atom stereocenters. The highest BCUT2D eigenvalue weighted by atomic mass is 19.1. The molecule has 1 aromatic carbocycles. The number of hydrogen-bond donors (Lipinski definition) is 0. The predicted molar refractivity (Wildman–Crippen MR) is 89.3 cm³/mol. The lowest BCUT2D eigenvalue weighted by molar-refractivity contribution is 0.0665. The molecule has 1 aromatic heterocycles. The van der Waals surface area contributed by atoms with Gasteiger partial charge in [-0.2, -0.15) is 0 Å². The van der Waals surface area contributed by atoms with Crippen LogP contribution in [0.1, 0.15) is 46.6 Å². The molecule has 1 atom stereocenters. The molecule has 1 fully saturated rings. The zero-order valence-electron chi connectivity index (χ0n) is 14.5. The summed E-state index contributed by atoms with van der Waals surface area (Å²) in [5.74, 6) is -0.260. The molecule has 134 valence electrons. The maximum absolute atomic E-state index is 13.8. The van der Waals surface area contributed by atoms with E-state index < -0.39 is 11.6 Å². The molecule has 1 aliphatic heterocycles. The van der Waals surface area contributed by atoms with Gasteiger partial charge in [-0.05, 0) is 57.1 Å². The summed E-state index contributed by atoms with van der Waals surface area (Å²) in [6, 6.07) is 3.70. The van der Waals surface area contributed by atoms with Crippen molar-refractivity contribution in [3.63, 3.8) is 0 Å². The number of benzene rings is 1. The van der Waals surface area contributed by atoms with Crippen LogP contribution in [0.5, 0.6) is 0 Å². The molecule has 6 heteroatoms. The van der Waals surface area contributed by atoms with Crippen LogP contribution >= 0.6 is 0 Å². The Hall–Kier alpha value is -2.24. The molecule has 0 aliphatic carbocycles. The molecule has 2 heterocycles. The van der Waals surface area contributed by atoms with Crippen LogP contribution in [0, 0.1) is 31.4 Å². The zero-order valence-corrected chi connectivity index (χ0v) is 14.5. The molecule has 0 spiro atoms. The average Bonchev–Trinajstić information content (AvgIpc) is 2.92. The first-order valence-corrected chi connectivity index (χ1v) is 8.61. The van der Waals surface area contributed by atoms with E-state index in [0.29, 0.717) is 48.0 Å². The monoisotopic (exact) mass is 348 g/mol. The summed E-state index contributed by atoms with van der Waals surface area (Å²) < 4.78 is 31.8. The Morgan fingerprint density at radius 1 is 1.36 bits per heavy atom. The molecule has 1 aliphatic rings. The second-order valence-corrected chi connectivity index (χ2v) is 6.73. The van der Waals surface area contributed by atoms with Gasteiger partial charge in [0.15, 0.2) is 0 Å². The molecule has 1 saturated heterocycles. The molecular weight excluding hydrogens is 326 g/mol. The second kappa shape index (κ2) is 7.33. The van der Waals surface area contributed by atoms with Crippen LogP contribution in [0.25, 0.3) is 0 Å². The lowest BCUT2D eigenvalue weighted by Crippen LogP contribution is -2.40. The minimum absolute atomic E-state index is 0.0473. The van der Waals surface area contributed by atoms with Gasteiger partial charge in [-0.25, -0.2) is 8.78 Å². The van der Waals surface area contributed by atoms with Crippen LogP contribution in [-0.2, 0) is 6.42 Å². The van der Waals surface area contributed by atoms with Crippen LogP contribution in [-0.4, -0.2) is 29.1 Å². The Kier molecular flexibility index (Phi) is 5.16. The summed E-state index contributed by atoms with van der Waals surface area (Å²) >= 11 is 0. The first kappa shape index (κ1) is 17.6. The molecule has 1 amide bonds. The molecule has 0 bridgehead atoms. The van der Waals surface area contributed by atoms with E-state index >= 15 is 0 Å². The standard InChI is InChI=1S/C19H22F2N2O2/c1-12-18(13(2)25-22-12)19(24)23-9-3-4-14(11-23)5-6-15-7-8-16(20)10-17(15)21/h7-8,10,14H,3-6,9,11H2,1-2H3/t14-/m0/s1. The van der Waals surface area contributed by atoms with Gasteiger partial charge < -0.3 is 9.42 Å². The predicted octanol–water partition coefficient (Wildman–Crippen LogP) is 4.05. The summed E-state index contributed by atoms with van der Waals surface area (Å²) in [6.07, 6.45) is 3.25. The van der Waals surface area contributed by atoms with Gasteiger partial charge in [-0.15, -0.1) is 0 Å². The van der Waals surface area contributed by atoms with Gasteiger partial charge in [0.25, 0.3) is 5.91 Å². The topological polar surface area (TPSA) is 46.3 Å². The summed E-state index contributed by atoms with van der Waals surface area (Å²) in [5.41, 5.74) is 1.68. The normalized spacial score (nSPS) is 17.8. The smallest absolute Gasteiger partial charge is 0.259 e. The Morgan fingerprint density at radius 3 is 2.84 bits per heavy atom. The first-order chi connectivity index (χ1) is 12.0. The molecule has 0 radical (unpaired) electrons. The number of nitrogens with zero attached hydrogens (tertiary/aromatic N) is 2. The summed E-state index contributed by atoms with van der Waals surface area (Å²) in [5, 5.41) is 3.85. The lowest BCUT2D eigenvalue weighted by Gasteiger charge is -2.33. The van der Waals surface area contributed by atoms with Gasteiger partial charge >= 0.3 is 0 Å². The first-order valence-electron chi connectivity index (χ1n) is 8.61. The van der Waals surface area contributed by atoms with Crippen molar-refractivity contribution in [3.05, 3.63) is 52.4 Å². The third-order valence-corrected chi connectivity index (χ3v) is 4.89. The van der Waals surface area contributed by atoms with Gasteiger partial charge in [0, 0.05) is 19.2 Å². The van der Waals surface area contributed by atoms with Crippen LogP contribution in [0.3, 0.4) is 0 Å². The highest BCUT2D eigenvalue weighted by molar-refractivity contribution is 5.96. The van der Waals surface area contributed by atoms with Crippen molar-refractivity contribution in [2.24, 2.45) is 5.92 Å². The van der Waals surface area contributed by atoms with Crippen molar-refractivity contribution >= 4 is 5.91 Å². The van der Waals surface area contributed by atoms with Crippen molar-refractivity contribution in [2.45, 2.75) is 39.5 Å². The number of amides is 1. The fourth-order valence-electron chi connectivity index (χ4n) is 3.52. The second-order valence-electron chi connectivity index (χ2n) is 6.73. The van der Waals surface area contributed by atoms with Gasteiger partial charge in [-0.3, -0.25) is 4.79 Å². The van der Waals surface area contributed by atoms with Crippen LogP contribution < -0.4 is 0 Å². The van der Waals surface area contributed by atoms with Crippen LogP contribution in [0.2, 0.25) is 0 Å². The van der Waals surface area contributed by atoms with E-state index in [1.807, 2.05) is 4.90 Å². The number of halogens is 2. The van der Waals surface area contributed by atoms with Crippen LogP contribution in [0.15, 0.2) is 22.7 Å². The number of likely N-dealkylation sites (tertiary alicyclic amines) is 1. The van der Waals surface area contributed by atoms with E-state index in [-0.39, 0.29) is 5.91 Å². The third kappa shape index (κ3) is 3.89. The van der Waals surface area contributed by atoms with E-state index in [0.717, 1.165) is 25.3 Å². The van der Waals surface area contributed by atoms with Gasteiger partial charge in [-0.1, -0.05) is 11.2 Å². The number of hydrogen-bond acceptors (Lipinski definition) is 3. The van der Waals surface area contributed by atoms with Crippen molar-refractivity contribution < 1.29 is 18.1 Å². The van der Waals surface area contributed by atoms with Crippen molar-refractivity contribution in [1.29, 1.82) is 0 Å². The maximum Gasteiger partial charge on any atom is 0.259 e. The number of piperidine rings is 1. The Balaban J connectivity index is 1.62. The number of carbonyl (C=O) groups excluding carboxylic acids is 1. The van der Waals surface area contributed by atoms with E-state index in [9.17, 15) is 13.6 Å². The zero-order chi connectivity index (χ0) is 18.0. The van der Waals surface area contributed by atoms with E-state index in [4.69, 9.17) is 4.52 Å². The van der Waals surface area contributed by atoms with Crippen molar-refractivity contribution in [3.8, 4) is 0 Å². The van der Waals surface area contributed by atoms with Gasteiger partial charge in [0.2, 0.25) is 0 Å². The Bertz CT molecular complexity index is 753. The minimum atomic E-state index is -0.560. The van der Waals surface area contributed by atoms with Crippen molar-refractivity contribution in [1.82, 2.24) is 10.1 Å². The molecule has 4 nitrogen and oxygen atoms in total. The Labute approximate surface area is 145 Å². The highest BCUT2D eigenvalue weighted by Crippen LogP contribution is 2.25. The molecule has 0 saturated carbocycles. The Morgan fingerprint density at radius 2 is 2.16 bits per heavy atom. The third-order valence-electron chi connectivity index (χ3n) is 4.89. The molecule has 2 aromatic rings. The van der Waals surface area contributed by atoms with E-state index in [1.54, 1.807) is 13.8 Å². The highest BCUT2D eigenvalue weighted by Gasteiger charge is 2.28. The largest absolute Gasteiger partial charge is 0.361 e. The van der Waals surface area contributed by atoms with Gasteiger partial charge in [0.1, 0.15) is 23.0 Å². The van der Waals surface area contributed by atoms with Crippen LogP contribution in [0.4, 0.5) is 8.78 Å². The van der Waals surface area contributed by atoms with Crippen molar-refractivity contribution in [2.75, 3.05) is 13.1 Å². The average molecular weight is 348 g/mol. The van der Waals surface area contributed by atoms with E-state index in [2.05, 4.69) is 5.16 Å².